The minimum atomic E-state index is -3.30. The summed E-state index contributed by atoms with van der Waals surface area (Å²) < 4.78 is 27.4. The van der Waals surface area contributed by atoms with Gasteiger partial charge < -0.3 is 0 Å². The zero-order valence-electron chi connectivity index (χ0n) is 10.0. The smallest absolute Gasteiger partial charge is 0.207 e. The lowest BCUT2D eigenvalue weighted by molar-refractivity contribution is 0.477. The highest BCUT2D eigenvalue weighted by Gasteiger charge is 2.28. The van der Waals surface area contributed by atoms with Gasteiger partial charge in [0.15, 0.2) is 0 Å². The first-order valence-electron chi connectivity index (χ1n) is 5.70. The Morgan fingerprint density at radius 3 is 2.29 bits per heavy atom. The zero-order chi connectivity index (χ0) is 12.6. The first-order valence-corrected chi connectivity index (χ1v) is 7.93. The van der Waals surface area contributed by atoms with Gasteiger partial charge in [-0.25, -0.2) is 8.42 Å². The van der Waals surface area contributed by atoms with Crippen LogP contribution in [0.15, 0.2) is 21.5 Å². The van der Waals surface area contributed by atoms with E-state index in [2.05, 4.69) is 15.9 Å². The quantitative estimate of drug-likeness (QED) is 0.841. The summed E-state index contributed by atoms with van der Waals surface area (Å²) in [6.45, 7) is 5.05. The van der Waals surface area contributed by atoms with Crippen LogP contribution in [0.3, 0.4) is 0 Å². The molecule has 5 heteroatoms. The highest BCUT2D eigenvalue weighted by Crippen LogP contribution is 2.28. The van der Waals surface area contributed by atoms with Crippen molar-refractivity contribution < 1.29 is 8.42 Å². The summed E-state index contributed by atoms with van der Waals surface area (Å²) in [4.78, 5) is 0.445. The van der Waals surface area contributed by atoms with Crippen molar-refractivity contribution in [3.63, 3.8) is 0 Å². The molecule has 0 spiro atoms. The standard InChI is InChI=1S/C12H16BrNO2S/c1-9-8-12(10(2)7-11(9)13)17(15,16)14-5-3-4-6-14/h7-8H,3-6H2,1-2H3. The van der Waals surface area contributed by atoms with Crippen molar-refractivity contribution >= 4 is 26.0 Å². The average Bonchev–Trinajstić information content (AvgIpc) is 2.77. The van der Waals surface area contributed by atoms with E-state index >= 15 is 0 Å². The summed E-state index contributed by atoms with van der Waals surface area (Å²) in [6.07, 6.45) is 1.93. The van der Waals surface area contributed by atoms with Crippen molar-refractivity contribution in [2.45, 2.75) is 31.6 Å². The molecule has 0 N–H and O–H groups in total. The fourth-order valence-electron chi connectivity index (χ4n) is 2.10. The van der Waals surface area contributed by atoms with Gasteiger partial charge >= 0.3 is 0 Å². The van der Waals surface area contributed by atoms with Gasteiger partial charge in [0.25, 0.3) is 0 Å². The Kier molecular flexibility index (Phi) is 3.61. The molecule has 1 aliphatic heterocycles. The Morgan fingerprint density at radius 2 is 1.71 bits per heavy atom. The molecule has 1 fully saturated rings. The molecule has 0 atom stereocenters. The zero-order valence-corrected chi connectivity index (χ0v) is 12.4. The summed E-state index contributed by atoms with van der Waals surface area (Å²) in [5.41, 5.74) is 1.75. The van der Waals surface area contributed by atoms with E-state index in [9.17, 15) is 8.42 Å². The summed E-state index contributed by atoms with van der Waals surface area (Å²) in [6, 6.07) is 3.63. The molecule has 17 heavy (non-hydrogen) atoms. The maximum absolute atomic E-state index is 12.4. The average molecular weight is 318 g/mol. The minimum absolute atomic E-state index is 0.445. The molecule has 0 aliphatic carbocycles. The molecule has 0 amide bonds. The van der Waals surface area contributed by atoms with Crippen molar-refractivity contribution in [3.8, 4) is 0 Å². The maximum Gasteiger partial charge on any atom is 0.243 e. The van der Waals surface area contributed by atoms with Crippen LogP contribution in [0.1, 0.15) is 24.0 Å². The molecule has 1 aliphatic rings. The van der Waals surface area contributed by atoms with Crippen molar-refractivity contribution in [2.75, 3.05) is 13.1 Å². The molecule has 0 bridgehead atoms. The van der Waals surface area contributed by atoms with Gasteiger partial charge in [-0.2, -0.15) is 4.31 Å². The topological polar surface area (TPSA) is 37.4 Å². The van der Waals surface area contributed by atoms with Gasteiger partial charge in [-0.15, -0.1) is 0 Å². The highest BCUT2D eigenvalue weighted by atomic mass is 79.9. The predicted molar refractivity (Wildman–Crippen MR) is 71.6 cm³/mol. The third kappa shape index (κ3) is 2.41. The molecule has 1 aromatic rings. The van der Waals surface area contributed by atoms with E-state index in [1.165, 1.54) is 0 Å². The number of rotatable bonds is 2. The SMILES string of the molecule is Cc1cc(S(=O)(=O)N2CCCC2)c(C)cc1Br. The van der Waals surface area contributed by atoms with Gasteiger partial charge in [-0.3, -0.25) is 0 Å². The van der Waals surface area contributed by atoms with E-state index in [0.29, 0.717) is 18.0 Å². The van der Waals surface area contributed by atoms with Crippen LogP contribution >= 0.6 is 15.9 Å². The van der Waals surface area contributed by atoms with Crippen molar-refractivity contribution in [1.82, 2.24) is 4.31 Å². The van der Waals surface area contributed by atoms with Gasteiger partial charge in [-0.1, -0.05) is 15.9 Å². The minimum Gasteiger partial charge on any atom is -0.207 e. The Labute approximate surface area is 111 Å². The van der Waals surface area contributed by atoms with Crippen LogP contribution < -0.4 is 0 Å². The van der Waals surface area contributed by atoms with Crippen LogP contribution in [0.5, 0.6) is 0 Å². The maximum atomic E-state index is 12.4. The molecule has 0 unspecified atom stereocenters. The first kappa shape index (κ1) is 13.1. The van der Waals surface area contributed by atoms with Gasteiger partial charge in [0.05, 0.1) is 4.90 Å². The van der Waals surface area contributed by atoms with E-state index < -0.39 is 10.0 Å². The lowest BCUT2D eigenvalue weighted by Gasteiger charge is -2.18. The molecule has 1 heterocycles. The summed E-state index contributed by atoms with van der Waals surface area (Å²) in [5, 5.41) is 0. The second kappa shape index (κ2) is 4.71. The molecular formula is C12H16BrNO2S. The molecule has 3 nitrogen and oxygen atoms in total. The summed E-state index contributed by atoms with van der Waals surface area (Å²) in [5.74, 6) is 0. The second-order valence-electron chi connectivity index (χ2n) is 4.48. The lowest BCUT2D eigenvalue weighted by atomic mass is 10.2. The van der Waals surface area contributed by atoms with Crippen LogP contribution in [0.2, 0.25) is 0 Å². The van der Waals surface area contributed by atoms with Crippen LogP contribution in [0, 0.1) is 13.8 Å². The number of aryl methyl sites for hydroxylation is 2. The van der Waals surface area contributed by atoms with Crippen molar-refractivity contribution in [1.29, 1.82) is 0 Å². The fourth-order valence-corrected chi connectivity index (χ4v) is 4.37. The number of hydrogen-bond acceptors (Lipinski definition) is 2. The van der Waals surface area contributed by atoms with Crippen LogP contribution in [0.25, 0.3) is 0 Å². The second-order valence-corrected chi connectivity index (χ2v) is 7.24. The largest absolute Gasteiger partial charge is 0.243 e. The molecule has 1 aromatic carbocycles. The monoisotopic (exact) mass is 317 g/mol. The van der Waals surface area contributed by atoms with Crippen LogP contribution in [-0.2, 0) is 10.0 Å². The van der Waals surface area contributed by atoms with Crippen LogP contribution in [0.4, 0.5) is 0 Å². The Hall–Kier alpha value is -0.390. The molecule has 0 aromatic heterocycles. The van der Waals surface area contributed by atoms with Gasteiger partial charge in [0.1, 0.15) is 0 Å². The highest BCUT2D eigenvalue weighted by molar-refractivity contribution is 9.10. The van der Waals surface area contributed by atoms with Crippen molar-refractivity contribution in [2.24, 2.45) is 0 Å². The molecule has 0 radical (unpaired) electrons. The predicted octanol–water partition coefficient (Wildman–Crippen LogP) is 2.85. The third-order valence-corrected chi connectivity index (χ3v) is 6.03. The van der Waals surface area contributed by atoms with E-state index in [0.717, 1.165) is 28.4 Å². The van der Waals surface area contributed by atoms with E-state index in [4.69, 9.17) is 0 Å². The third-order valence-electron chi connectivity index (χ3n) is 3.14. The molecule has 1 saturated heterocycles. The van der Waals surface area contributed by atoms with E-state index in [1.54, 1.807) is 10.4 Å². The van der Waals surface area contributed by atoms with Gasteiger partial charge in [0, 0.05) is 17.6 Å². The first-order chi connectivity index (χ1) is 7.93. The Bertz CT molecular complexity index is 534. The molecule has 94 valence electrons. The molecule has 2 rings (SSSR count). The van der Waals surface area contributed by atoms with Gasteiger partial charge in [-0.05, 0) is 49.9 Å². The molecular weight excluding hydrogens is 302 g/mol. The fraction of sp³-hybridized carbons (Fsp3) is 0.500. The number of sulfonamides is 1. The lowest BCUT2D eigenvalue weighted by Crippen LogP contribution is -2.28. The molecule has 0 saturated carbocycles. The number of halogens is 1. The van der Waals surface area contributed by atoms with E-state index in [1.807, 2.05) is 19.9 Å². The van der Waals surface area contributed by atoms with Crippen LogP contribution in [-0.4, -0.2) is 25.8 Å². The Morgan fingerprint density at radius 1 is 1.12 bits per heavy atom. The van der Waals surface area contributed by atoms with Crippen molar-refractivity contribution in [3.05, 3.63) is 27.7 Å². The number of benzene rings is 1. The number of hydrogen-bond donors (Lipinski definition) is 0. The number of nitrogens with zero attached hydrogens (tertiary/aromatic N) is 1. The summed E-state index contributed by atoms with van der Waals surface area (Å²) >= 11 is 3.42. The Balaban J connectivity index is 2.49. The van der Waals surface area contributed by atoms with Gasteiger partial charge in [0.2, 0.25) is 10.0 Å². The summed E-state index contributed by atoms with van der Waals surface area (Å²) in [7, 11) is -3.30. The van der Waals surface area contributed by atoms with E-state index in [-0.39, 0.29) is 0 Å². The normalized spacial score (nSPS) is 17.6.